The molecular weight excluding hydrogens is 284 g/mol. The van der Waals surface area contributed by atoms with E-state index in [1.807, 2.05) is 0 Å². The summed E-state index contributed by atoms with van der Waals surface area (Å²) in [5.41, 5.74) is 7.36. The normalized spacial score (nSPS) is 23.6. The quantitative estimate of drug-likeness (QED) is 0.877. The average Bonchev–Trinajstić information content (AvgIpc) is 3.15. The summed E-state index contributed by atoms with van der Waals surface area (Å²) in [4.78, 5) is 2.51. The summed E-state index contributed by atoms with van der Waals surface area (Å²) in [5.74, 6) is 2.49. The van der Waals surface area contributed by atoms with E-state index in [1.54, 1.807) is 0 Å². The molecule has 0 amide bonds. The van der Waals surface area contributed by atoms with Gasteiger partial charge in [-0.25, -0.2) is 0 Å². The molecule has 2 unspecified atom stereocenters. The molecule has 0 radical (unpaired) electrons. The van der Waals surface area contributed by atoms with Gasteiger partial charge in [0.2, 0.25) is 0 Å². The molecule has 2 aliphatic rings. The van der Waals surface area contributed by atoms with Gasteiger partial charge in [-0.1, -0.05) is 12.1 Å². The van der Waals surface area contributed by atoms with Crippen LogP contribution < -0.4 is 10.5 Å². The van der Waals surface area contributed by atoms with Crippen molar-refractivity contribution >= 4 is 12.4 Å². The van der Waals surface area contributed by atoms with Gasteiger partial charge < -0.3 is 10.5 Å². The van der Waals surface area contributed by atoms with E-state index in [0.717, 1.165) is 31.4 Å². The van der Waals surface area contributed by atoms with Crippen molar-refractivity contribution in [2.24, 2.45) is 17.6 Å². The van der Waals surface area contributed by atoms with Crippen molar-refractivity contribution in [1.82, 2.24) is 4.90 Å². The van der Waals surface area contributed by atoms with Gasteiger partial charge in [-0.05, 0) is 62.3 Å². The van der Waals surface area contributed by atoms with E-state index in [9.17, 15) is 0 Å². The van der Waals surface area contributed by atoms with Gasteiger partial charge in [0.1, 0.15) is 5.75 Å². The monoisotopic (exact) mass is 310 g/mol. The van der Waals surface area contributed by atoms with E-state index in [2.05, 4.69) is 36.1 Å². The number of ether oxygens (including phenoxy) is 1. The number of benzene rings is 1. The lowest BCUT2D eigenvalue weighted by Gasteiger charge is -2.18. The van der Waals surface area contributed by atoms with Crippen molar-refractivity contribution in [3.8, 4) is 5.75 Å². The summed E-state index contributed by atoms with van der Waals surface area (Å²) in [6.07, 6.45) is 3.92. The fraction of sp³-hybridized carbons (Fsp3) is 0.647. The zero-order valence-corrected chi connectivity index (χ0v) is 13.6. The Balaban J connectivity index is 0.00000161. The van der Waals surface area contributed by atoms with Crippen molar-refractivity contribution in [3.63, 3.8) is 0 Å². The summed E-state index contributed by atoms with van der Waals surface area (Å²) >= 11 is 0. The minimum atomic E-state index is 0. The first-order valence-corrected chi connectivity index (χ1v) is 7.90. The van der Waals surface area contributed by atoms with Crippen LogP contribution in [0.15, 0.2) is 24.3 Å². The number of hydrogen-bond donors (Lipinski definition) is 1. The molecule has 0 aromatic heterocycles. The van der Waals surface area contributed by atoms with Crippen molar-refractivity contribution in [2.75, 3.05) is 19.7 Å². The number of nitrogens with zero attached hydrogens (tertiary/aromatic N) is 1. The lowest BCUT2D eigenvalue weighted by molar-refractivity contribution is 0.298. The molecule has 3 rings (SSSR count). The number of halogens is 1. The van der Waals surface area contributed by atoms with Crippen LogP contribution in [-0.2, 0) is 6.54 Å². The highest BCUT2D eigenvalue weighted by Crippen LogP contribution is 2.29. The van der Waals surface area contributed by atoms with Crippen LogP contribution in [0.4, 0.5) is 0 Å². The van der Waals surface area contributed by atoms with E-state index >= 15 is 0 Å². The highest BCUT2D eigenvalue weighted by Gasteiger charge is 2.25. The first kappa shape index (κ1) is 16.6. The smallest absolute Gasteiger partial charge is 0.119 e. The van der Waals surface area contributed by atoms with Gasteiger partial charge in [0.15, 0.2) is 0 Å². The molecule has 1 aromatic rings. The summed E-state index contributed by atoms with van der Waals surface area (Å²) in [5, 5.41) is 0. The van der Waals surface area contributed by atoms with Gasteiger partial charge in [-0.15, -0.1) is 12.4 Å². The standard InChI is InChI=1S/C17H26N2O.ClH/c1-13(18)16-8-9-19(11-16)10-14-4-6-17(7-5-14)20-12-15-2-3-15;/h4-7,13,15-16H,2-3,8-12,18H2,1H3;1H. The molecule has 21 heavy (non-hydrogen) atoms. The molecule has 1 saturated carbocycles. The molecule has 0 bridgehead atoms. The van der Waals surface area contributed by atoms with Crippen LogP contribution in [0.25, 0.3) is 0 Å². The maximum atomic E-state index is 5.99. The molecule has 2 fully saturated rings. The molecule has 118 valence electrons. The predicted molar refractivity (Wildman–Crippen MR) is 88.9 cm³/mol. The van der Waals surface area contributed by atoms with Crippen LogP contribution in [-0.4, -0.2) is 30.6 Å². The van der Waals surface area contributed by atoms with Crippen molar-refractivity contribution in [2.45, 2.75) is 38.8 Å². The van der Waals surface area contributed by atoms with E-state index in [-0.39, 0.29) is 12.4 Å². The number of likely N-dealkylation sites (tertiary alicyclic amines) is 1. The van der Waals surface area contributed by atoms with Gasteiger partial charge in [0.05, 0.1) is 6.61 Å². The molecule has 0 spiro atoms. The minimum absolute atomic E-state index is 0. The molecule has 1 aliphatic heterocycles. The maximum absolute atomic E-state index is 5.99. The summed E-state index contributed by atoms with van der Waals surface area (Å²) in [7, 11) is 0. The summed E-state index contributed by atoms with van der Waals surface area (Å²) in [6.45, 7) is 6.36. The number of rotatable bonds is 6. The molecule has 1 aliphatic carbocycles. The minimum Gasteiger partial charge on any atom is -0.493 e. The van der Waals surface area contributed by atoms with Crippen molar-refractivity contribution in [1.29, 1.82) is 0 Å². The Morgan fingerprint density at radius 3 is 2.52 bits per heavy atom. The van der Waals surface area contributed by atoms with Crippen LogP contribution in [0.5, 0.6) is 5.75 Å². The molecule has 4 heteroatoms. The fourth-order valence-electron chi connectivity index (χ4n) is 2.88. The Hall–Kier alpha value is -0.770. The summed E-state index contributed by atoms with van der Waals surface area (Å²) < 4.78 is 5.77. The van der Waals surface area contributed by atoms with Gasteiger partial charge in [-0.2, -0.15) is 0 Å². The van der Waals surface area contributed by atoms with E-state index in [1.165, 1.54) is 31.4 Å². The Bertz CT molecular complexity index is 431. The Labute approximate surface area is 134 Å². The van der Waals surface area contributed by atoms with Crippen LogP contribution in [0, 0.1) is 11.8 Å². The Kier molecular flexibility index (Phi) is 5.91. The second kappa shape index (κ2) is 7.48. The van der Waals surface area contributed by atoms with Crippen LogP contribution in [0.3, 0.4) is 0 Å². The largest absolute Gasteiger partial charge is 0.493 e. The molecule has 2 atom stereocenters. The van der Waals surface area contributed by atoms with E-state index in [0.29, 0.717) is 12.0 Å². The van der Waals surface area contributed by atoms with Crippen molar-refractivity contribution in [3.05, 3.63) is 29.8 Å². The van der Waals surface area contributed by atoms with Crippen LogP contribution >= 0.6 is 12.4 Å². The number of nitrogens with two attached hydrogens (primary N) is 1. The van der Waals surface area contributed by atoms with Crippen LogP contribution in [0.2, 0.25) is 0 Å². The number of hydrogen-bond acceptors (Lipinski definition) is 3. The predicted octanol–water partition coefficient (Wildman–Crippen LogP) is 3.07. The zero-order valence-electron chi connectivity index (χ0n) is 12.8. The third-order valence-electron chi connectivity index (χ3n) is 4.56. The fourth-order valence-corrected chi connectivity index (χ4v) is 2.88. The third-order valence-corrected chi connectivity index (χ3v) is 4.56. The van der Waals surface area contributed by atoms with E-state index in [4.69, 9.17) is 10.5 Å². The Morgan fingerprint density at radius 1 is 1.24 bits per heavy atom. The maximum Gasteiger partial charge on any atom is 0.119 e. The van der Waals surface area contributed by atoms with Gasteiger partial charge in [0, 0.05) is 19.1 Å². The molecule has 3 nitrogen and oxygen atoms in total. The molecule has 2 N–H and O–H groups in total. The lowest BCUT2D eigenvalue weighted by atomic mass is 10.0. The third kappa shape index (κ3) is 4.87. The first-order valence-electron chi connectivity index (χ1n) is 7.90. The highest BCUT2D eigenvalue weighted by molar-refractivity contribution is 5.85. The van der Waals surface area contributed by atoms with Crippen LogP contribution in [0.1, 0.15) is 31.7 Å². The van der Waals surface area contributed by atoms with Gasteiger partial charge in [-0.3, -0.25) is 4.90 Å². The van der Waals surface area contributed by atoms with Crippen molar-refractivity contribution < 1.29 is 4.74 Å². The summed E-state index contributed by atoms with van der Waals surface area (Å²) in [6, 6.07) is 8.93. The Morgan fingerprint density at radius 2 is 1.95 bits per heavy atom. The SMILES string of the molecule is CC(N)C1CCN(Cc2ccc(OCC3CC3)cc2)C1.Cl. The van der Waals surface area contributed by atoms with Gasteiger partial charge in [0.25, 0.3) is 0 Å². The highest BCUT2D eigenvalue weighted by atomic mass is 35.5. The molecule has 1 saturated heterocycles. The molecule has 1 heterocycles. The van der Waals surface area contributed by atoms with E-state index < -0.39 is 0 Å². The second-order valence-electron chi connectivity index (χ2n) is 6.54. The molecular formula is C17H27ClN2O. The first-order chi connectivity index (χ1) is 9.70. The molecule has 1 aromatic carbocycles. The second-order valence-corrected chi connectivity index (χ2v) is 6.54. The average molecular weight is 311 g/mol. The van der Waals surface area contributed by atoms with Gasteiger partial charge >= 0.3 is 0 Å². The lowest BCUT2D eigenvalue weighted by Crippen LogP contribution is -2.29. The topological polar surface area (TPSA) is 38.5 Å². The zero-order chi connectivity index (χ0) is 13.9.